The third-order valence-electron chi connectivity index (χ3n) is 4.37. The third kappa shape index (κ3) is 4.27. The first-order valence-electron chi connectivity index (χ1n) is 9.54. The van der Waals surface area contributed by atoms with Gasteiger partial charge in [0.05, 0.1) is 23.3 Å². The van der Waals surface area contributed by atoms with Crippen LogP contribution in [0.5, 0.6) is 5.75 Å². The van der Waals surface area contributed by atoms with Crippen LogP contribution in [0, 0.1) is 0 Å². The molecule has 0 atom stereocenters. The zero-order chi connectivity index (χ0) is 21.1. The van der Waals surface area contributed by atoms with Crippen molar-refractivity contribution in [1.82, 2.24) is 0 Å². The lowest BCUT2D eigenvalue weighted by molar-refractivity contribution is 0.0377. The van der Waals surface area contributed by atoms with Crippen LogP contribution in [-0.2, 0) is 11.3 Å². The first-order chi connectivity index (χ1) is 14.5. The number of carbonyl (C=O) groups is 1. The second-order valence-corrected chi connectivity index (χ2v) is 7.05. The van der Waals surface area contributed by atoms with Crippen LogP contribution in [-0.4, -0.2) is 12.1 Å². The molecule has 0 bridgehead atoms. The molecule has 2 aromatic heterocycles. The Kier molecular flexibility index (Phi) is 5.39. The number of esters is 1. The molecule has 0 spiro atoms. The van der Waals surface area contributed by atoms with Crippen LogP contribution >= 0.6 is 0 Å². The summed E-state index contributed by atoms with van der Waals surface area (Å²) >= 11 is 0. The first kappa shape index (κ1) is 19.5. The maximum absolute atomic E-state index is 12.5. The molecule has 30 heavy (non-hydrogen) atoms. The Hall–Kier alpha value is -3.80. The highest BCUT2D eigenvalue weighted by atomic mass is 16.5. The molecule has 6 nitrogen and oxygen atoms in total. The van der Waals surface area contributed by atoms with Crippen LogP contribution in [0.15, 0.2) is 80.6 Å². The van der Waals surface area contributed by atoms with Gasteiger partial charge in [-0.05, 0) is 61.9 Å². The van der Waals surface area contributed by atoms with Gasteiger partial charge in [0.1, 0.15) is 17.9 Å². The summed E-state index contributed by atoms with van der Waals surface area (Å²) in [4.78, 5) is 24.6. The smallest absolute Gasteiger partial charge is 0.338 e. The number of benzene rings is 2. The van der Waals surface area contributed by atoms with E-state index in [2.05, 4.69) is 0 Å². The number of furan rings is 1. The molecular formula is C24H20O6. The topological polar surface area (TPSA) is 78.9 Å². The second kappa shape index (κ2) is 8.29. The van der Waals surface area contributed by atoms with Crippen LogP contribution in [0.1, 0.15) is 29.8 Å². The van der Waals surface area contributed by atoms with Crippen LogP contribution in [0.4, 0.5) is 0 Å². The molecule has 0 aliphatic rings. The lowest BCUT2D eigenvalue weighted by Gasteiger charge is -2.10. The zero-order valence-corrected chi connectivity index (χ0v) is 16.6. The molecule has 0 saturated heterocycles. The van der Waals surface area contributed by atoms with E-state index in [4.69, 9.17) is 18.3 Å². The number of fused-ring (bicyclic) bond motifs is 1. The highest BCUT2D eigenvalue weighted by Gasteiger charge is 2.12. The molecule has 0 N–H and O–H groups in total. The average molecular weight is 404 g/mol. The second-order valence-electron chi connectivity index (χ2n) is 7.05. The Morgan fingerprint density at radius 2 is 1.87 bits per heavy atom. The highest BCUT2D eigenvalue weighted by molar-refractivity contribution is 5.89. The predicted octanol–water partition coefficient (Wildman–Crippen LogP) is 5.20. The van der Waals surface area contributed by atoms with E-state index in [0.717, 1.165) is 5.56 Å². The van der Waals surface area contributed by atoms with Crippen molar-refractivity contribution in [2.75, 3.05) is 0 Å². The fourth-order valence-electron chi connectivity index (χ4n) is 3.00. The molecule has 0 aliphatic carbocycles. The number of hydrogen-bond donors (Lipinski definition) is 0. The van der Waals surface area contributed by atoms with Crippen molar-refractivity contribution in [3.05, 3.63) is 88.3 Å². The quantitative estimate of drug-likeness (QED) is 0.411. The van der Waals surface area contributed by atoms with Crippen LogP contribution in [0.2, 0.25) is 0 Å². The van der Waals surface area contributed by atoms with E-state index >= 15 is 0 Å². The van der Waals surface area contributed by atoms with Crippen molar-refractivity contribution in [3.63, 3.8) is 0 Å². The lowest BCUT2D eigenvalue weighted by Crippen LogP contribution is -2.12. The summed E-state index contributed by atoms with van der Waals surface area (Å²) in [5.41, 5.74) is 1.54. The number of ether oxygens (including phenoxy) is 2. The van der Waals surface area contributed by atoms with Gasteiger partial charge >= 0.3 is 5.97 Å². The van der Waals surface area contributed by atoms with E-state index in [1.165, 1.54) is 12.3 Å². The fourth-order valence-corrected chi connectivity index (χ4v) is 3.00. The third-order valence-corrected chi connectivity index (χ3v) is 4.37. The van der Waals surface area contributed by atoms with Gasteiger partial charge in [0.15, 0.2) is 16.9 Å². The average Bonchev–Trinajstić information content (AvgIpc) is 3.27. The molecule has 2 aromatic carbocycles. The van der Waals surface area contributed by atoms with Gasteiger partial charge < -0.3 is 18.3 Å². The van der Waals surface area contributed by atoms with Gasteiger partial charge in [-0.3, -0.25) is 4.79 Å². The minimum atomic E-state index is -0.373. The number of rotatable bonds is 6. The fraction of sp³-hybridized carbons (Fsp3) is 0.167. The first-order valence-corrected chi connectivity index (χ1v) is 9.54. The van der Waals surface area contributed by atoms with E-state index in [1.807, 2.05) is 6.07 Å². The summed E-state index contributed by atoms with van der Waals surface area (Å²) in [5, 5.41) is 0.414. The summed E-state index contributed by atoms with van der Waals surface area (Å²) in [7, 11) is 0. The van der Waals surface area contributed by atoms with Crippen LogP contribution in [0.25, 0.3) is 22.5 Å². The van der Waals surface area contributed by atoms with Gasteiger partial charge in [-0.2, -0.15) is 0 Å². The van der Waals surface area contributed by atoms with Crippen molar-refractivity contribution < 1.29 is 23.1 Å². The van der Waals surface area contributed by atoms with Crippen molar-refractivity contribution in [2.24, 2.45) is 0 Å². The van der Waals surface area contributed by atoms with Crippen molar-refractivity contribution in [2.45, 2.75) is 26.6 Å². The maximum atomic E-state index is 12.5. The maximum Gasteiger partial charge on any atom is 0.338 e. The molecule has 152 valence electrons. The molecule has 4 aromatic rings. The summed E-state index contributed by atoms with van der Waals surface area (Å²) in [6, 6.07) is 17.0. The Labute approximate surface area is 172 Å². The van der Waals surface area contributed by atoms with E-state index in [0.29, 0.717) is 33.8 Å². The van der Waals surface area contributed by atoms with Gasteiger partial charge in [-0.1, -0.05) is 12.1 Å². The molecule has 0 fully saturated rings. The molecule has 0 amide bonds. The van der Waals surface area contributed by atoms with Gasteiger partial charge in [0.2, 0.25) is 0 Å². The predicted molar refractivity (Wildman–Crippen MR) is 112 cm³/mol. The normalized spacial score (nSPS) is 11.0. The number of carbonyl (C=O) groups excluding carboxylic acids is 1. The van der Waals surface area contributed by atoms with E-state index in [-0.39, 0.29) is 24.1 Å². The van der Waals surface area contributed by atoms with E-state index < -0.39 is 0 Å². The Morgan fingerprint density at radius 1 is 1.00 bits per heavy atom. The summed E-state index contributed by atoms with van der Waals surface area (Å²) < 4.78 is 22.1. The summed E-state index contributed by atoms with van der Waals surface area (Å²) in [6.07, 6.45) is 1.34. The standard InChI is InChI=1S/C24H20O6/c1-15(2)29-24(26)17-6-3-5-16(11-17)14-28-18-8-9-21-19(12-18)20(25)13-23(30-21)22-7-4-10-27-22/h3-13,15H,14H2,1-2H3. The minimum absolute atomic E-state index is 0.185. The van der Waals surface area contributed by atoms with Crippen molar-refractivity contribution >= 4 is 16.9 Å². The van der Waals surface area contributed by atoms with Gasteiger partial charge in [0, 0.05) is 6.07 Å². The molecule has 6 heteroatoms. The molecule has 2 heterocycles. The zero-order valence-electron chi connectivity index (χ0n) is 16.6. The number of hydrogen-bond acceptors (Lipinski definition) is 6. The largest absolute Gasteiger partial charge is 0.489 e. The SMILES string of the molecule is CC(C)OC(=O)c1cccc(COc2ccc3oc(-c4ccco4)cc(=O)c3c2)c1. The molecule has 4 rings (SSSR count). The monoisotopic (exact) mass is 404 g/mol. The Balaban J connectivity index is 1.52. The lowest BCUT2D eigenvalue weighted by atomic mass is 10.1. The van der Waals surface area contributed by atoms with E-state index in [9.17, 15) is 9.59 Å². The highest BCUT2D eigenvalue weighted by Crippen LogP contribution is 2.25. The minimum Gasteiger partial charge on any atom is -0.489 e. The van der Waals surface area contributed by atoms with Crippen LogP contribution in [0.3, 0.4) is 0 Å². The molecule has 0 radical (unpaired) electrons. The van der Waals surface area contributed by atoms with Gasteiger partial charge in [-0.25, -0.2) is 4.79 Å². The van der Waals surface area contributed by atoms with Gasteiger partial charge in [0.25, 0.3) is 0 Å². The van der Waals surface area contributed by atoms with E-state index in [1.54, 1.807) is 62.4 Å². The molecular weight excluding hydrogens is 384 g/mol. The molecule has 0 saturated carbocycles. The Bertz CT molecular complexity index is 1230. The van der Waals surface area contributed by atoms with Crippen LogP contribution < -0.4 is 10.2 Å². The molecule has 0 unspecified atom stereocenters. The van der Waals surface area contributed by atoms with Crippen molar-refractivity contribution in [1.29, 1.82) is 0 Å². The van der Waals surface area contributed by atoms with Crippen molar-refractivity contribution in [3.8, 4) is 17.3 Å². The molecule has 0 aliphatic heterocycles. The Morgan fingerprint density at radius 3 is 2.63 bits per heavy atom. The van der Waals surface area contributed by atoms with Gasteiger partial charge in [-0.15, -0.1) is 0 Å². The summed E-state index contributed by atoms with van der Waals surface area (Å²) in [5.74, 6) is 1.01. The summed E-state index contributed by atoms with van der Waals surface area (Å²) in [6.45, 7) is 3.85.